The molecule has 65 heavy (non-hydrogen) atoms. The molecule has 0 aromatic heterocycles. The number of amidine groups is 1. The maximum Gasteiger partial charge on any atom is 0.253 e. The second-order valence-corrected chi connectivity index (χ2v) is 18.9. The zero-order valence-corrected chi connectivity index (χ0v) is 38.5. The number of amides is 4. The van der Waals surface area contributed by atoms with Crippen LogP contribution in [0.1, 0.15) is 154 Å². The van der Waals surface area contributed by atoms with Crippen LogP contribution < -0.4 is 10.6 Å². The fourth-order valence-electron chi connectivity index (χ4n) is 10.0. The van der Waals surface area contributed by atoms with Gasteiger partial charge in [0, 0.05) is 80.6 Å². The Morgan fingerprint density at radius 2 is 1.06 bits per heavy atom. The average Bonchev–Trinajstić information content (AvgIpc) is 4.26. The summed E-state index contributed by atoms with van der Waals surface area (Å²) in [7, 11) is 0. The van der Waals surface area contributed by atoms with Crippen LogP contribution in [0, 0.1) is 11.8 Å². The average molecular weight is 887 g/mol. The van der Waals surface area contributed by atoms with Crippen molar-refractivity contribution in [1.82, 2.24) is 25.3 Å². The molecule has 2 heterocycles. The Morgan fingerprint density at radius 3 is 1.55 bits per heavy atom. The highest BCUT2D eigenvalue weighted by Gasteiger charge is 2.49. The zero-order valence-electron chi connectivity index (χ0n) is 38.5. The van der Waals surface area contributed by atoms with E-state index in [-0.39, 0.29) is 73.0 Å². The Bertz CT molecular complexity index is 2020. The number of nitrogens with zero attached hydrogens (tertiary/aromatic N) is 4. The minimum atomic E-state index is -0.710. The number of oxime groups is 1. The Hall–Kier alpha value is -5.52. The number of carbonyl (C=O) groups excluding carboxylic acids is 5. The van der Waals surface area contributed by atoms with E-state index >= 15 is 0 Å². The van der Waals surface area contributed by atoms with Gasteiger partial charge in [-0.2, -0.15) is 0 Å². The van der Waals surface area contributed by atoms with E-state index in [0.29, 0.717) is 49.3 Å². The van der Waals surface area contributed by atoms with Crippen LogP contribution in [0.4, 0.5) is 0 Å². The summed E-state index contributed by atoms with van der Waals surface area (Å²) in [5.41, 5.74) is 3.11. The summed E-state index contributed by atoms with van der Waals surface area (Å²) in [5, 5.41) is 20.3. The molecule has 2 saturated carbocycles. The lowest BCUT2D eigenvalue weighted by Gasteiger charge is -2.32. The van der Waals surface area contributed by atoms with Gasteiger partial charge in [-0.25, -0.2) is 0 Å². The Balaban J connectivity index is 1.01. The normalized spacial score (nSPS) is 24.0. The van der Waals surface area contributed by atoms with Crippen molar-refractivity contribution in [2.75, 3.05) is 32.7 Å². The quantitative estimate of drug-likeness (QED) is 0.0320. The van der Waals surface area contributed by atoms with Gasteiger partial charge in [-0.05, 0) is 67.5 Å². The van der Waals surface area contributed by atoms with E-state index in [9.17, 15) is 29.2 Å². The first-order valence-corrected chi connectivity index (χ1v) is 24.6. The molecule has 2 aliphatic heterocycles. The lowest BCUT2D eigenvalue weighted by molar-refractivity contribution is -0.133. The Labute approximate surface area is 385 Å². The molecule has 12 nitrogen and oxygen atoms in total. The molecule has 7 atom stereocenters. The maximum atomic E-state index is 14.2. The van der Waals surface area contributed by atoms with Crippen molar-refractivity contribution in [2.45, 2.75) is 140 Å². The smallest absolute Gasteiger partial charge is 0.253 e. The van der Waals surface area contributed by atoms with Gasteiger partial charge >= 0.3 is 0 Å². The molecule has 12 heteroatoms. The number of hydrogen-bond acceptors (Lipinski definition) is 7. The molecule has 0 radical (unpaired) electrons. The summed E-state index contributed by atoms with van der Waals surface area (Å²) in [4.78, 5) is 75.5. The number of ketones is 1. The van der Waals surface area contributed by atoms with E-state index < -0.39 is 17.9 Å². The van der Waals surface area contributed by atoms with E-state index in [4.69, 9.17) is 0 Å². The fraction of sp³-hybridized carbons (Fsp3) is 0.547. The van der Waals surface area contributed by atoms with Crippen LogP contribution in [-0.2, 0) is 14.4 Å². The molecule has 4 fully saturated rings. The lowest BCUT2D eigenvalue weighted by Crippen LogP contribution is -2.50. The third kappa shape index (κ3) is 12.4. The minimum absolute atomic E-state index is 0.0178. The highest BCUT2D eigenvalue weighted by atomic mass is 16.4. The van der Waals surface area contributed by atoms with Gasteiger partial charge in [0.1, 0.15) is 11.9 Å². The summed E-state index contributed by atoms with van der Waals surface area (Å²) in [5.74, 6) is -1.37. The molecule has 2 aliphatic carbocycles. The van der Waals surface area contributed by atoms with Gasteiger partial charge < -0.3 is 30.5 Å². The van der Waals surface area contributed by atoms with Crippen molar-refractivity contribution < 1.29 is 29.2 Å². The molecule has 4 amide bonds. The number of likely N-dealkylation sites (tertiary alicyclic amines) is 1. The number of rotatable bonds is 21. The second-order valence-electron chi connectivity index (χ2n) is 18.9. The van der Waals surface area contributed by atoms with Crippen LogP contribution in [0.15, 0.2) is 90.1 Å². The van der Waals surface area contributed by atoms with Crippen LogP contribution in [0.3, 0.4) is 0 Å². The van der Waals surface area contributed by atoms with Crippen LogP contribution >= 0.6 is 0 Å². The van der Waals surface area contributed by atoms with Gasteiger partial charge in [-0.15, -0.1) is 0 Å². The van der Waals surface area contributed by atoms with Crippen LogP contribution in [-0.4, -0.2) is 106 Å². The van der Waals surface area contributed by atoms with Crippen molar-refractivity contribution in [3.05, 3.63) is 107 Å². The number of hydrogen-bond donors (Lipinski definition) is 3. The topological polar surface area (TPSA) is 152 Å². The number of unbranched alkanes of at least 4 members (excludes halogenated alkanes) is 8. The molecule has 3 aromatic carbocycles. The fourth-order valence-corrected chi connectivity index (χ4v) is 10.0. The van der Waals surface area contributed by atoms with Crippen molar-refractivity contribution in [3.8, 4) is 0 Å². The third-order valence-corrected chi connectivity index (χ3v) is 14.1. The van der Waals surface area contributed by atoms with Crippen molar-refractivity contribution >= 4 is 35.2 Å². The summed E-state index contributed by atoms with van der Waals surface area (Å²) in [6.07, 6.45) is 13.6. The number of nitrogens with one attached hydrogen (secondary N) is 2. The Morgan fingerprint density at radius 1 is 0.585 bits per heavy atom. The van der Waals surface area contributed by atoms with Crippen molar-refractivity contribution in [2.24, 2.45) is 17.0 Å². The largest absolute Gasteiger partial charge is 0.409 e. The predicted molar refractivity (Wildman–Crippen MR) is 253 cm³/mol. The predicted octanol–water partition coefficient (Wildman–Crippen LogP) is 8.31. The number of benzene rings is 3. The molecule has 0 bridgehead atoms. The third-order valence-electron chi connectivity index (χ3n) is 14.1. The first-order chi connectivity index (χ1) is 31.7. The maximum absolute atomic E-state index is 14.2. The molecule has 3 N–H and O–H groups in total. The monoisotopic (exact) mass is 887 g/mol. The highest BCUT2D eigenvalue weighted by molar-refractivity contribution is 6.00. The van der Waals surface area contributed by atoms with Crippen molar-refractivity contribution in [3.63, 3.8) is 0 Å². The van der Waals surface area contributed by atoms with Crippen LogP contribution in [0.5, 0.6) is 0 Å². The lowest BCUT2D eigenvalue weighted by atomic mass is 9.94. The molecule has 7 rings (SSSR count). The molecular formula is C53H70N6O6. The zero-order chi connectivity index (χ0) is 45.7. The Kier molecular flexibility index (Phi) is 16.9. The molecule has 0 spiro atoms. The van der Waals surface area contributed by atoms with Gasteiger partial charge in [0.15, 0.2) is 5.78 Å². The SMILES string of the molecule is CCCCCCCC(=O)[C@H]1CN(C(=O)c2ccc(C(=O)N3C[C@@H](C(=O)N[C@H]4C[C@@H]4c4ccccc4)[C@H](C(=O)N[C@H]4C[C@@H]4c4ccccc4)C3)cc2)CCCN1/C(CCCCCCC)=N\O. The minimum Gasteiger partial charge on any atom is -0.409 e. The summed E-state index contributed by atoms with van der Waals surface area (Å²) in [6, 6.07) is 26.1. The molecule has 3 aromatic rings. The summed E-state index contributed by atoms with van der Waals surface area (Å²) < 4.78 is 0. The number of Topliss-reactive ketones (excluding diaryl/α,β-unsaturated/α-hetero) is 1. The molecular weight excluding hydrogens is 817 g/mol. The molecule has 348 valence electrons. The van der Waals surface area contributed by atoms with Gasteiger partial charge in [-0.1, -0.05) is 131 Å². The number of carbonyl (C=O) groups is 5. The van der Waals surface area contributed by atoms with Gasteiger partial charge in [-0.3, -0.25) is 24.0 Å². The standard InChI is InChI=1S/C53H70N6O6/c1-3-5-7-9-17-24-48(60)47-36-57(30-19-31-59(47)49(56-65)25-18-10-8-6-4-2)52(63)39-26-28-40(29-27-39)53(64)58-34-43(50(61)54-45-32-41(45)37-20-13-11-14-21-37)44(35-58)51(62)55-46-33-42(46)38-22-15-12-16-23-38/h11-16,20-23,26-29,41-47,65H,3-10,17-19,24-25,30-36H2,1-2H3,(H,54,61)(H,55,62)/b56-49-/t41-,42-,43-,44-,45+,46+,47-/m1/s1. The van der Waals surface area contributed by atoms with E-state index in [1.54, 1.807) is 34.1 Å². The molecule has 4 aliphatic rings. The van der Waals surface area contributed by atoms with Gasteiger partial charge in [0.2, 0.25) is 11.8 Å². The van der Waals surface area contributed by atoms with Crippen LogP contribution in [0.25, 0.3) is 0 Å². The van der Waals surface area contributed by atoms with Gasteiger partial charge in [0.05, 0.1) is 11.8 Å². The molecule has 2 saturated heterocycles. The van der Waals surface area contributed by atoms with E-state index in [0.717, 1.165) is 77.0 Å². The highest BCUT2D eigenvalue weighted by Crippen LogP contribution is 2.43. The molecule has 0 unspecified atom stereocenters. The van der Waals surface area contributed by atoms with Crippen molar-refractivity contribution in [1.29, 1.82) is 0 Å². The second kappa shape index (κ2) is 23.1. The summed E-state index contributed by atoms with van der Waals surface area (Å²) >= 11 is 0. The van der Waals surface area contributed by atoms with E-state index in [1.165, 1.54) is 11.1 Å². The van der Waals surface area contributed by atoms with Crippen LogP contribution in [0.2, 0.25) is 0 Å². The first kappa shape index (κ1) is 47.4. The first-order valence-electron chi connectivity index (χ1n) is 24.6. The summed E-state index contributed by atoms with van der Waals surface area (Å²) in [6.45, 7) is 5.68. The van der Waals surface area contributed by atoms with Gasteiger partial charge in [0.25, 0.3) is 11.8 Å². The van der Waals surface area contributed by atoms with E-state index in [1.807, 2.05) is 41.3 Å². The van der Waals surface area contributed by atoms with E-state index in [2.05, 4.69) is 53.9 Å².